The first kappa shape index (κ1) is 17.9. The second kappa shape index (κ2) is 6.13. The molecule has 0 aromatic heterocycles. The molecule has 1 aromatic carbocycles. The largest absolute Gasteiger partial charge is 0.423 e. The summed E-state index contributed by atoms with van der Waals surface area (Å²) in [6.07, 6.45) is -0.356. The molecular weight excluding hydrogens is 336 g/mol. The van der Waals surface area contributed by atoms with Gasteiger partial charge in [0.25, 0.3) is 0 Å². The smallest absolute Gasteiger partial charge is 0.337 e. The maximum absolute atomic E-state index is 12.5. The Morgan fingerprint density at radius 2 is 2.12 bits per heavy atom. The Bertz CT molecular complexity index is 736. The molecule has 0 spiro atoms. The van der Waals surface area contributed by atoms with E-state index in [0.717, 1.165) is 5.69 Å². The van der Waals surface area contributed by atoms with Crippen LogP contribution in [0.2, 0.25) is 18.1 Å². The molecule has 3 rings (SSSR count). The fourth-order valence-corrected chi connectivity index (χ4v) is 3.78. The third kappa shape index (κ3) is 3.17. The zero-order valence-corrected chi connectivity index (χ0v) is 16.3. The number of benzene rings is 1. The maximum Gasteiger partial charge on any atom is 0.337 e. The van der Waals surface area contributed by atoms with E-state index in [-0.39, 0.29) is 17.1 Å². The lowest BCUT2D eigenvalue weighted by Crippen LogP contribution is -2.50. The number of rotatable bonds is 3. The van der Waals surface area contributed by atoms with Crippen LogP contribution in [0.25, 0.3) is 0 Å². The van der Waals surface area contributed by atoms with Gasteiger partial charge in [-0.05, 0) is 30.3 Å². The van der Waals surface area contributed by atoms with Crippen LogP contribution in [0.4, 0.5) is 5.69 Å². The van der Waals surface area contributed by atoms with E-state index in [1.165, 1.54) is 0 Å². The summed E-state index contributed by atoms with van der Waals surface area (Å²) in [5.41, 5.74) is 1.24. The third-order valence-corrected chi connectivity index (χ3v) is 9.88. The van der Waals surface area contributed by atoms with Gasteiger partial charge < -0.3 is 18.8 Å². The lowest BCUT2D eigenvalue weighted by molar-refractivity contribution is -0.138. The minimum atomic E-state index is -1.92. The molecule has 0 aliphatic carbocycles. The minimum Gasteiger partial charge on any atom is -0.423 e. The highest BCUT2D eigenvalue weighted by molar-refractivity contribution is 6.74. The van der Waals surface area contributed by atoms with Crippen molar-refractivity contribution in [2.75, 3.05) is 18.2 Å². The summed E-state index contributed by atoms with van der Waals surface area (Å²) < 4.78 is 17.5. The van der Waals surface area contributed by atoms with Gasteiger partial charge in [0.05, 0.1) is 23.9 Å². The van der Waals surface area contributed by atoms with Gasteiger partial charge in [0.15, 0.2) is 20.1 Å². The van der Waals surface area contributed by atoms with Crippen LogP contribution in [0, 0.1) is 11.3 Å². The molecule has 0 radical (unpaired) electrons. The van der Waals surface area contributed by atoms with Gasteiger partial charge in [0.1, 0.15) is 12.8 Å². The predicted molar refractivity (Wildman–Crippen MR) is 95.9 cm³/mol. The number of esters is 1. The summed E-state index contributed by atoms with van der Waals surface area (Å²) in [7, 11) is -1.92. The molecular formula is C18H24N2O4Si. The van der Waals surface area contributed by atoms with Crippen LogP contribution in [0.5, 0.6) is 5.75 Å². The van der Waals surface area contributed by atoms with Crippen molar-refractivity contribution in [3.05, 3.63) is 23.8 Å². The number of nitriles is 1. The van der Waals surface area contributed by atoms with E-state index in [1.54, 1.807) is 18.2 Å². The summed E-state index contributed by atoms with van der Waals surface area (Å²) >= 11 is 0. The Kier molecular flexibility index (Phi) is 4.39. The van der Waals surface area contributed by atoms with Crippen LogP contribution < -0.4 is 9.64 Å². The fraction of sp³-hybridized carbons (Fsp3) is 0.556. The van der Waals surface area contributed by atoms with E-state index < -0.39 is 14.4 Å². The highest BCUT2D eigenvalue weighted by Gasteiger charge is 2.47. The summed E-state index contributed by atoms with van der Waals surface area (Å²) in [5, 5.41) is 9.10. The molecule has 2 heterocycles. The molecule has 0 amide bonds. The predicted octanol–water partition coefficient (Wildman–Crippen LogP) is 3.03. The number of fused-ring (bicyclic) bond motifs is 3. The van der Waals surface area contributed by atoms with Gasteiger partial charge in [0.2, 0.25) is 0 Å². The Balaban J connectivity index is 1.78. The Morgan fingerprint density at radius 1 is 1.40 bits per heavy atom. The van der Waals surface area contributed by atoms with Crippen molar-refractivity contribution in [3.8, 4) is 11.8 Å². The topological polar surface area (TPSA) is 71.8 Å². The average Bonchev–Trinajstić information content (AvgIpc) is 2.96. The normalized spacial score (nSPS) is 22.9. The molecule has 1 aromatic rings. The molecule has 2 aliphatic rings. The van der Waals surface area contributed by atoms with Crippen molar-refractivity contribution >= 4 is 20.0 Å². The molecule has 134 valence electrons. The van der Waals surface area contributed by atoms with Gasteiger partial charge in [-0.3, -0.25) is 0 Å². The van der Waals surface area contributed by atoms with Crippen molar-refractivity contribution in [3.63, 3.8) is 0 Å². The fourth-order valence-electron chi connectivity index (χ4n) is 2.76. The first-order valence-corrected chi connectivity index (χ1v) is 11.3. The molecule has 1 fully saturated rings. The van der Waals surface area contributed by atoms with Crippen LogP contribution in [-0.4, -0.2) is 39.8 Å². The van der Waals surface area contributed by atoms with Crippen LogP contribution in [0.3, 0.4) is 0 Å². The zero-order chi connectivity index (χ0) is 18.4. The molecule has 0 bridgehead atoms. The highest BCUT2D eigenvalue weighted by atomic mass is 28.4. The molecule has 1 saturated heterocycles. The van der Waals surface area contributed by atoms with E-state index in [4.69, 9.17) is 19.2 Å². The van der Waals surface area contributed by atoms with Crippen LogP contribution in [-0.2, 0) is 14.0 Å². The highest BCUT2D eigenvalue weighted by Crippen LogP contribution is 2.40. The van der Waals surface area contributed by atoms with Crippen molar-refractivity contribution in [2.24, 2.45) is 0 Å². The van der Waals surface area contributed by atoms with Crippen LogP contribution in [0.15, 0.2) is 18.2 Å². The molecule has 2 aliphatic heterocycles. The van der Waals surface area contributed by atoms with Gasteiger partial charge in [-0.1, -0.05) is 20.8 Å². The molecule has 2 atom stereocenters. The number of hydrogen-bond acceptors (Lipinski definition) is 6. The summed E-state index contributed by atoms with van der Waals surface area (Å²) in [6, 6.07) is 6.65. The third-order valence-electron chi connectivity index (χ3n) is 5.38. The van der Waals surface area contributed by atoms with Crippen molar-refractivity contribution in [2.45, 2.75) is 51.0 Å². The molecule has 6 nitrogen and oxygen atoms in total. The van der Waals surface area contributed by atoms with Gasteiger partial charge in [-0.2, -0.15) is 5.26 Å². The van der Waals surface area contributed by atoms with E-state index in [0.29, 0.717) is 24.7 Å². The first-order chi connectivity index (χ1) is 11.6. The minimum absolute atomic E-state index is 0.0959. The summed E-state index contributed by atoms with van der Waals surface area (Å²) in [4.78, 5) is 14.4. The molecule has 0 unspecified atom stereocenters. The van der Waals surface area contributed by atoms with Crippen LogP contribution in [0.1, 0.15) is 26.3 Å². The van der Waals surface area contributed by atoms with Gasteiger partial charge >= 0.3 is 5.97 Å². The van der Waals surface area contributed by atoms with Gasteiger partial charge in [0, 0.05) is 6.07 Å². The van der Waals surface area contributed by atoms with Gasteiger partial charge in [-0.25, -0.2) is 4.79 Å². The van der Waals surface area contributed by atoms with E-state index >= 15 is 0 Å². The van der Waals surface area contributed by atoms with Crippen molar-refractivity contribution in [1.29, 1.82) is 5.26 Å². The average molecular weight is 360 g/mol. The van der Waals surface area contributed by atoms with Crippen molar-refractivity contribution < 1.29 is 18.7 Å². The second-order valence-electron chi connectivity index (χ2n) is 8.04. The maximum atomic E-state index is 12.5. The molecule has 0 N–H and O–H groups in total. The lowest BCUT2D eigenvalue weighted by Gasteiger charge is -2.37. The monoisotopic (exact) mass is 360 g/mol. The number of carbonyl (C=O) groups excluding carboxylic acids is 1. The number of anilines is 1. The molecule has 0 saturated carbocycles. The number of carbonyl (C=O) groups is 1. The number of ether oxygens (including phenoxy) is 2. The number of hydrogen-bond donors (Lipinski definition) is 0. The first-order valence-electron chi connectivity index (χ1n) is 8.42. The summed E-state index contributed by atoms with van der Waals surface area (Å²) in [5.74, 6) is 0.0544. The second-order valence-corrected chi connectivity index (χ2v) is 12.8. The summed E-state index contributed by atoms with van der Waals surface area (Å²) in [6.45, 7) is 11.6. The van der Waals surface area contributed by atoms with E-state index in [9.17, 15) is 4.79 Å². The number of nitrogens with zero attached hydrogens (tertiary/aromatic N) is 2. The standard InChI is InChI=1S/C18H24N2O4Si/c1-18(2,3)25(4,5)23-10-15-16-17(21)24-14-8-12(9-19)6-7-13(14)20(16)11-22-15/h6-8,15-16H,10-11H2,1-5H3/t15-,16-/m0/s1. The van der Waals surface area contributed by atoms with Crippen molar-refractivity contribution in [1.82, 2.24) is 0 Å². The SMILES string of the molecule is CC(C)(C)[Si](C)(C)OC[C@@H]1OCN2c3ccc(C#N)cc3OC(=O)[C@H]12. The Morgan fingerprint density at radius 3 is 2.76 bits per heavy atom. The Labute approximate surface area is 149 Å². The lowest BCUT2D eigenvalue weighted by atomic mass is 10.1. The quantitative estimate of drug-likeness (QED) is 0.469. The van der Waals surface area contributed by atoms with Gasteiger partial charge in [-0.15, -0.1) is 0 Å². The van der Waals surface area contributed by atoms with E-state index in [2.05, 4.69) is 39.9 Å². The molecule has 25 heavy (non-hydrogen) atoms. The van der Waals surface area contributed by atoms with Crippen LogP contribution >= 0.6 is 0 Å². The molecule has 7 heteroatoms. The van der Waals surface area contributed by atoms with E-state index in [1.807, 2.05) is 4.90 Å². The Hall–Kier alpha value is -1.88. The zero-order valence-electron chi connectivity index (χ0n) is 15.3.